The van der Waals surface area contributed by atoms with Crippen LogP contribution in [0.25, 0.3) is 0 Å². The van der Waals surface area contributed by atoms with E-state index in [1.54, 1.807) is 50.6 Å². The first-order chi connectivity index (χ1) is 11.5. The number of hydrogen-bond donors (Lipinski definition) is 1. The van der Waals surface area contributed by atoms with E-state index in [9.17, 15) is 4.79 Å². The summed E-state index contributed by atoms with van der Waals surface area (Å²) in [6, 6.07) is 10.2. The van der Waals surface area contributed by atoms with E-state index in [2.05, 4.69) is 5.32 Å². The average Bonchev–Trinajstić information content (AvgIpc) is 2.60. The van der Waals surface area contributed by atoms with Gasteiger partial charge >= 0.3 is 0 Å². The summed E-state index contributed by atoms with van der Waals surface area (Å²) < 4.78 is 15.8. The van der Waals surface area contributed by atoms with Crippen LogP contribution < -0.4 is 19.5 Å². The fourth-order valence-corrected chi connectivity index (χ4v) is 2.27. The predicted octanol–water partition coefficient (Wildman–Crippen LogP) is 3.71. The van der Waals surface area contributed by atoms with E-state index >= 15 is 0 Å². The van der Waals surface area contributed by atoms with E-state index in [1.807, 2.05) is 0 Å². The number of ether oxygens (including phenoxy) is 3. The Balaban J connectivity index is 1.90. The molecule has 0 heterocycles. The van der Waals surface area contributed by atoms with Gasteiger partial charge < -0.3 is 19.5 Å². The first kappa shape index (κ1) is 18.2. The summed E-state index contributed by atoms with van der Waals surface area (Å²) in [5.41, 5.74) is 0.805. The molecular formula is C17H17Cl2NO4. The van der Waals surface area contributed by atoms with Gasteiger partial charge in [-0.15, -0.1) is 0 Å². The fraction of sp³-hybridized carbons (Fsp3) is 0.235. The van der Waals surface area contributed by atoms with Gasteiger partial charge in [-0.05, 0) is 30.3 Å². The third-order valence-corrected chi connectivity index (χ3v) is 3.96. The molecule has 0 aliphatic rings. The number of amides is 1. The molecule has 0 fully saturated rings. The molecule has 128 valence electrons. The number of halogens is 2. The lowest BCUT2D eigenvalue weighted by Crippen LogP contribution is -2.28. The van der Waals surface area contributed by atoms with Crippen molar-refractivity contribution in [2.75, 3.05) is 20.8 Å². The van der Waals surface area contributed by atoms with Gasteiger partial charge in [-0.2, -0.15) is 0 Å². The zero-order valence-corrected chi connectivity index (χ0v) is 14.8. The summed E-state index contributed by atoms with van der Waals surface area (Å²) in [4.78, 5) is 11.9. The molecule has 0 saturated carbocycles. The lowest BCUT2D eigenvalue weighted by Gasteiger charge is -2.12. The molecule has 7 heteroatoms. The van der Waals surface area contributed by atoms with Crippen LogP contribution in [0, 0.1) is 0 Å². The van der Waals surface area contributed by atoms with Crippen molar-refractivity contribution in [2.45, 2.75) is 6.54 Å². The normalized spacial score (nSPS) is 10.2. The standard InChI is InChI=1S/C17H17Cl2NO4/c1-22-12-4-6-16(23-2)11(7-12)9-20-17(21)10-24-13-3-5-14(18)15(19)8-13/h3-8H,9-10H2,1-2H3,(H,20,21). The van der Waals surface area contributed by atoms with Crippen LogP contribution in [0.1, 0.15) is 5.56 Å². The molecule has 0 aliphatic carbocycles. The highest BCUT2D eigenvalue weighted by atomic mass is 35.5. The quantitative estimate of drug-likeness (QED) is 0.808. The first-order valence-corrected chi connectivity index (χ1v) is 7.84. The van der Waals surface area contributed by atoms with Gasteiger partial charge in [-0.3, -0.25) is 4.79 Å². The van der Waals surface area contributed by atoms with E-state index in [0.717, 1.165) is 5.56 Å². The average molecular weight is 370 g/mol. The highest BCUT2D eigenvalue weighted by Gasteiger charge is 2.08. The second-order valence-electron chi connectivity index (χ2n) is 4.82. The Morgan fingerprint density at radius 2 is 1.75 bits per heavy atom. The highest BCUT2D eigenvalue weighted by molar-refractivity contribution is 6.42. The molecule has 24 heavy (non-hydrogen) atoms. The third kappa shape index (κ3) is 4.94. The van der Waals surface area contributed by atoms with Crippen molar-refractivity contribution in [3.05, 3.63) is 52.0 Å². The summed E-state index contributed by atoms with van der Waals surface area (Å²) in [6.45, 7) is 0.161. The van der Waals surface area contributed by atoms with Gasteiger partial charge in [0, 0.05) is 18.2 Å². The maximum atomic E-state index is 11.9. The molecule has 2 rings (SSSR count). The third-order valence-electron chi connectivity index (χ3n) is 3.22. The minimum atomic E-state index is -0.272. The molecule has 2 aromatic rings. The van der Waals surface area contributed by atoms with Gasteiger partial charge in [0.05, 0.1) is 24.3 Å². The van der Waals surface area contributed by atoms with Crippen LogP contribution >= 0.6 is 23.2 Å². The number of hydrogen-bond acceptors (Lipinski definition) is 4. The van der Waals surface area contributed by atoms with E-state index in [4.69, 9.17) is 37.4 Å². The number of carbonyl (C=O) groups is 1. The summed E-state index contributed by atoms with van der Waals surface area (Å²) in [5, 5.41) is 3.56. The van der Waals surface area contributed by atoms with Gasteiger partial charge in [0.1, 0.15) is 17.2 Å². The van der Waals surface area contributed by atoms with Crippen molar-refractivity contribution >= 4 is 29.1 Å². The van der Waals surface area contributed by atoms with E-state index in [0.29, 0.717) is 33.8 Å². The summed E-state index contributed by atoms with van der Waals surface area (Å²) in [5.74, 6) is 1.55. The number of rotatable bonds is 7. The Hall–Kier alpha value is -2.11. The topological polar surface area (TPSA) is 56.8 Å². The van der Waals surface area contributed by atoms with Crippen molar-refractivity contribution in [2.24, 2.45) is 0 Å². The predicted molar refractivity (Wildman–Crippen MR) is 93.3 cm³/mol. The van der Waals surface area contributed by atoms with Crippen molar-refractivity contribution in [3.8, 4) is 17.2 Å². The van der Waals surface area contributed by atoms with Crippen molar-refractivity contribution < 1.29 is 19.0 Å². The molecule has 0 spiro atoms. The van der Waals surface area contributed by atoms with Crippen molar-refractivity contribution in [1.29, 1.82) is 0 Å². The Morgan fingerprint density at radius 3 is 2.42 bits per heavy atom. The summed E-state index contributed by atoms with van der Waals surface area (Å²) in [6.07, 6.45) is 0. The van der Waals surface area contributed by atoms with Gasteiger partial charge in [-0.25, -0.2) is 0 Å². The SMILES string of the molecule is COc1ccc(OC)c(CNC(=O)COc2ccc(Cl)c(Cl)c2)c1. The fourth-order valence-electron chi connectivity index (χ4n) is 1.98. The highest BCUT2D eigenvalue weighted by Crippen LogP contribution is 2.26. The van der Waals surface area contributed by atoms with E-state index in [-0.39, 0.29) is 12.5 Å². The molecule has 0 atom stereocenters. The maximum absolute atomic E-state index is 11.9. The van der Waals surface area contributed by atoms with Crippen LogP contribution in [0.4, 0.5) is 0 Å². The van der Waals surface area contributed by atoms with Crippen molar-refractivity contribution in [1.82, 2.24) is 5.32 Å². The number of benzene rings is 2. The molecule has 0 aliphatic heterocycles. The van der Waals surface area contributed by atoms with Gasteiger partial charge in [0.2, 0.25) is 0 Å². The zero-order valence-electron chi connectivity index (χ0n) is 13.3. The summed E-state index contributed by atoms with van der Waals surface area (Å²) in [7, 11) is 3.15. The van der Waals surface area contributed by atoms with Crippen LogP contribution in [0.2, 0.25) is 10.0 Å². The molecule has 0 radical (unpaired) electrons. The molecule has 5 nitrogen and oxygen atoms in total. The van der Waals surface area contributed by atoms with E-state index < -0.39 is 0 Å². The molecule has 1 amide bonds. The Bertz CT molecular complexity index is 722. The minimum absolute atomic E-state index is 0.135. The van der Waals surface area contributed by atoms with E-state index in [1.165, 1.54) is 0 Å². The lowest BCUT2D eigenvalue weighted by atomic mass is 10.2. The van der Waals surface area contributed by atoms with Crippen LogP contribution in [0.5, 0.6) is 17.2 Å². The minimum Gasteiger partial charge on any atom is -0.497 e. The van der Waals surface area contributed by atoms with Crippen LogP contribution in [-0.2, 0) is 11.3 Å². The second-order valence-corrected chi connectivity index (χ2v) is 5.63. The summed E-state index contributed by atoms with van der Waals surface area (Å²) >= 11 is 11.7. The lowest BCUT2D eigenvalue weighted by molar-refractivity contribution is -0.123. The van der Waals surface area contributed by atoms with Gasteiger partial charge in [-0.1, -0.05) is 23.2 Å². The van der Waals surface area contributed by atoms with Crippen LogP contribution in [0.15, 0.2) is 36.4 Å². The van der Waals surface area contributed by atoms with Crippen LogP contribution in [-0.4, -0.2) is 26.7 Å². The second kappa shape index (κ2) is 8.66. The van der Waals surface area contributed by atoms with Gasteiger partial charge in [0.15, 0.2) is 6.61 Å². The molecule has 2 aromatic carbocycles. The first-order valence-electron chi connectivity index (χ1n) is 7.09. The molecule has 0 bridgehead atoms. The molecule has 0 saturated heterocycles. The maximum Gasteiger partial charge on any atom is 0.258 e. The molecule has 0 aromatic heterocycles. The Kier molecular flexibility index (Phi) is 6.58. The Labute approximate surface area is 150 Å². The monoisotopic (exact) mass is 369 g/mol. The van der Waals surface area contributed by atoms with Crippen LogP contribution in [0.3, 0.4) is 0 Å². The van der Waals surface area contributed by atoms with Crippen molar-refractivity contribution in [3.63, 3.8) is 0 Å². The van der Waals surface area contributed by atoms with Gasteiger partial charge in [0.25, 0.3) is 5.91 Å². The largest absolute Gasteiger partial charge is 0.497 e. The molecule has 0 unspecified atom stereocenters. The number of methoxy groups -OCH3 is 2. The smallest absolute Gasteiger partial charge is 0.258 e. The molecular weight excluding hydrogens is 353 g/mol. The zero-order chi connectivity index (χ0) is 17.5. The molecule has 1 N–H and O–H groups in total. The Morgan fingerprint density at radius 1 is 1.00 bits per heavy atom. The number of carbonyl (C=O) groups excluding carboxylic acids is 1. The number of nitrogens with one attached hydrogen (secondary N) is 1.